The van der Waals surface area contributed by atoms with E-state index in [1.807, 2.05) is 6.07 Å². The average molecular weight is 468 g/mol. The van der Waals surface area contributed by atoms with Crippen molar-refractivity contribution in [2.75, 3.05) is 34.4 Å². The Labute approximate surface area is 201 Å². The van der Waals surface area contributed by atoms with Gasteiger partial charge in [0.05, 0.1) is 21.3 Å². The fraction of sp³-hybridized carbons (Fsp3) is 0.333. The maximum Gasteiger partial charge on any atom is 0.169 e. The van der Waals surface area contributed by atoms with Crippen molar-refractivity contribution in [3.05, 3.63) is 70.8 Å². The van der Waals surface area contributed by atoms with Crippen molar-refractivity contribution in [2.24, 2.45) is 0 Å². The van der Waals surface area contributed by atoms with Gasteiger partial charge >= 0.3 is 0 Å². The predicted octanol–water partition coefficient (Wildman–Crippen LogP) is 5.29. The molecule has 0 saturated heterocycles. The lowest BCUT2D eigenvalue weighted by atomic mass is 9.91. The van der Waals surface area contributed by atoms with Crippen LogP contribution in [0.25, 0.3) is 11.1 Å². The molecule has 0 radical (unpaired) electrons. The van der Waals surface area contributed by atoms with E-state index in [2.05, 4.69) is 47.4 Å². The Balaban J connectivity index is 0.00000259. The highest BCUT2D eigenvalue weighted by Crippen LogP contribution is 2.45. The summed E-state index contributed by atoms with van der Waals surface area (Å²) in [5.41, 5.74) is 7.62. The van der Waals surface area contributed by atoms with Crippen molar-refractivity contribution in [3.63, 3.8) is 0 Å². The molecule has 2 aliphatic rings. The summed E-state index contributed by atoms with van der Waals surface area (Å²) in [6.07, 6.45) is 1.97. The summed E-state index contributed by atoms with van der Waals surface area (Å²) in [7, 11) is 5.09. The van der Waals surface area contributed by atoms with Gasteiger partial charge in [-0.05, 0) is 58.9 Å². The molecule has 0 aromatic heterocycles. The normalized spacial score (nSPS) is 14.2. The first-order valence-electron chi connectivity index (χ1n) is 11.1. The van der Waals surface area contributed by atoms with E-state index in [1.54, 1.807) is 21.3 Å². The van der Waals surface area contributed by atoms with Crippen LogP contribution in [0.1, 0.15) is 22.3 Å². The minimum Gasteiger partial charge on any atom is -0.493 e. The highest BCUT2D eigenvalue weighted by atomic mass is 35.5. The van der Waals surface area contributed by atoms with Gasteiger partial charge < -0.3 is 18.9 Å². The molecule has 3 aromatic carbocycles. The first kappa shape index (κ1) is 23.3. The largest absolute Gasteiger partial charge is 0.493 e. The molecule has 0 N–H and O–H groups in total. The van der Waals surface area contributed by atoms with Crippen LogP contribution in [0.15, 0.2) is 48.5 Å². The molecule has 0 unspecified atom stereocenters. The first-order valence-corrected chi connectivity index (χ1v) is 11.1. The monoisotopic (exact) mass is 467 g/mol. The van der Waals surface area contributed by atoms with Crippen LogP contribution >= 0.6 is 12.4 Å². The molecule has 174 valence electrons. The quantitative estimate of drug-likeness (QED) is 0.492. The summed E-state index contributed by atoms with van der Waals surface area (Å²) < 4.78 is 22.7. The molecule has 0 bridgehead atoms. The van der Waals surface area contributed by atoms with E-state index in [9.17, 15) is 0 Å². The summed E-state index contributed by atoms with van der Waals surface area (Å²) in [4.78, 5) is 2.51. The molecule has 2 heterocycles. The van der Waals surface area contributed by atoms with Crippen LogP contribution in [-0.4, -0.2) is 39.3 Å². The molecule has 0 spiro atoms. The fourth-order valence-corrected chi connectivity index (χ4v) is 4.86. The van der Waals surface area contributed by atoms with Gasteiger partial charge in [-0.2, -0.15) is 0 Å². The molecule has 33 heavy (non-hydrogen) atoms. The zero-order chi connectivity index (χ0) is 22.1. The maximum absolute atomic E-state index is 6.13. The minimum absolute atomic E-state index is 0. The van der Waals surface area contributed by atoms with Crippen molar-refractivity contribution in [2.45, 2.75) is 26.0 Å². The first-order chi connectivity index (χ1) is 15.7. The molecular formula is C27H30ClNO4. The van der Waals surface area contributed by atoms with E-state index in [4.69, 9.17) is 18.9 Å². The summed E-state index contributed by atoms with van der Waals surface area (Å²) in [5.74, 6) is 3.27. The van der Waals surface area contributed by atoms with Crippen LogP contribution in [0.4, 0.5) is 0 Å². The number of methoxy groups -OCH3 is 3. The number of halogens is 1. The van der Waals surface area contributed by atoms with Crippen molar-refractivity contribution >= 4 is 12.4 Å². The number of hydrogen-bond acceptors (Lipinski definition) is 5. The van der Waals surface area contributed by atoms with Crippen molar-refractivity contribution in [1.29, 1.82) is 0 Å². The second-order valence-corrected chi connectivity index (χ2v) is 8.33. The molecule has 0 aliphatic carbocycles. The molecule has 0 fully saturated rings. The Morgan fingerprint density at radius 1 is 0.848 bits per heavy atom. The molecule has 0 amide bonds. The van der Waals surface area contributed by atoms with E-state index in [0.29, 0.717) is 6.61 Å². The number of benzene rings is 3. The zero-order valence-corrected chi connectivity index (χ0v) is 20.2. The van der Waals surface area contributed by atoms with Gasteiger partial charge in [0, 0.05) is 25.2 Å². The van der Waals surface area contributed by atoms with Gasteiger partial charge in [0.25, 0.3) is 0 Å². The van der Waals surface area contributed by atoms with Gasteiger partial charge in [0.1, 0.15) is 6.61 Å². The third-order valence-corrected chi connectivity index (χ3v) is 6.58. The van der Waals surface area contributed by atoms with Crippen molar-refractivity contribution < 1.29 is 18.9 Å². The minimum atomic E-state index is 0. The van der Waals surface area contributed by atoms with Crippen molar-refractivity contribution in [1.82, 2.24) is 4.90 Å². The molecular weight excluding hydrogens is 438 g/mol. The van der Waals surface area contributed by atoms with Crippen molar-refractivity contribution in [3.8, 4) is 34.1 Å². The summed E-state index contributed by atoms with van der Waals surface area (Å²) in [5, 5.41) is 0. The van der Waals surface area contributed by atoms with Gasteiger partial charge in [0.15, 0.2) is 23.0 Å². The van der Waals surface area contributed by atoms with E-state index in [1.165, 1.54) is 33.4 Å². The maximum atomic E-state index is 6.13. The van der Waals surface area contributed by atoms with Gasteiger partial charge in [0.2, 0.25) is 0 Å². The number of rotatable bonds is 6. The van der Waals surface area contributed by atoms with E-state index < -0.39 is 0 Å². The molecule has 2 aliphatic heterocycles. The fourth-order valence-electron chi connectivity index (χ4n) is 4.86. The Morgan fingerprint density at radius 2 is 1.58 bits per heavy atom. The van der Waals surface area contributed by atoms with E-state index in [-0.39, 0.29) is 12.4 Å². The Bertz CT molecular complexity index is 1150. The van der Waals surface area contributed by atoms with Gasteiger partial charge in [-0.25, -0.2) is 0 Å². The second kappa shape index (κ2) is 9.94. The number of nitrogens with zero attached hydrogens (tertiary/aromatic N) is 1. The van der Waals surface area contributed by atoms with Crippen LogP contribution in [0.2, 0.25) is 0 Å². The SMILES string of the molecule is COc1cc2c(cc1OC)CN(CCc1ccc(OC)c3c1-c1ccccc1CO3)CC2.Cl. The topological polar surface area (TPSA) is 40.2 Å². The molecule has 5 nitrogen and oxygen atoms in total. The smallest absolute Gasteiger partial charge is 0.169 e. The lowest BCUT2D eigenvalue weighted by Gasteiger charge is -2.30. The Hall–Kier alpha value is -2.89. The predicted molar refractivity (Wildman–Crippen MR) is 132 cm³/mol. The molecule has 0 saturated carbocycles. The van der Waals surface area contributed by atoms with Gasteiger partial charge in [-0.15, -0.1) is 12.4 Å². The van der Waals surface area contributed by atoms with Crippen LogP contribution < -0.4 is 18.9 Å². The summed E-state index contributed by atoms with van der Waals surface area (Å²) >= 11 is 0. The molecule has 5 rings (SSSR count). The Morgan fingerprint density at radius 3 is 2.33 bits per heavy atom. The van der Waals surface area contributed by atoms with Crippen LogP contribution in [0.5, 0.6) is 23.0 Å². The number of fused-ring (bicyclic) bond motifs is 4. The highest BCUT2D eigenvalue weighted by molar-refractivity contribution is 5.85. The number of ether oxygens (including phenoxy) is 4. The summed E-state index contributed by atoms with van der Waals surface area (Å²) in [6.45, 7) is 3.51. The average Bonchev–Trinajstić information content (AvgIpc) is 2.85. The molecule has 0 atom stereocenters. The van der Waals surface area contributed by atoms with Crippen LogP contribution in [-0.2, 0) is 26.0 Å². The third-order valence-electron chi connectivity index (χ3n) is 6.58. The van der Waals surface area contributed by atoms with E-state index in [0.717, 1.165) is 55.5 Å². The Kier molecular flexibility index (Phi) is 7.01. The van der Waals surface area contributed by atoms with Gasteiger partial charge in [-0.3, -0.25) is 4.90 Å². The number of hydrogen-bond donors (Lipinski definition) is 0. The molecule has 3 aromatic rings. The van der Waals surface area contributed by atoms with Crippen LogP contribution in [0.3, 0.4) is 0 Å². The van der Waals surface area contributed by atoms with Crippen LogP contribution in [0, 0.1) is 0 Å². The van der Waals surface area contributed by atoms with Gasteiger partial charge in [-0.1, -0.05) is 30.3 Å². The third kappa shape index (κ3) is 4.35. The highest BCUT2D eigenvalue weighted by Gasteiger charge is 2.25. The lowest BCUT2D eigenvalue weighted by molar-refractivity contribution is 0.255. The standard InChI is InChI=1S/C27H29NO4.ClH/c1-29-23-9-8-18(26-22-7-5-4-6-20(22)17-32-27(23)26)10-12-28-13-11-19-14-24(30-2)25(31-3)15-21(19)16-28;/h4-9,14-15H,10-13,16-17H2,1-3H3;1H. The summed E-state index contributed by atoms with van der Waals surface area (Å²) in [6, 6.07) is 17.0. The molecule has 6 heteroatoms. The zero-order valence-electron chi connectivity index (χ0n) is 19.3. The second-order valence-electron chi connectivity index (χ2n) is 8.33. The van der Waals surface area contributed by atoms with E-state index >= 15 is 0 Å². The lowest BCUT2D eigenvalue weighted by Crippen LogP contribution is -2.32.